The molecule has 5 heteroatoms. The van der Waals surface area contributed by atoms with E-state index in [1.54, 1.807) is 42.5 Å². The first-order valence-corrected chi connectivity index (χ1v) is 6.39. The molecule has 0 bridgehead atoms. The van der Waals surface area contributed by atoms with Crippen molar-refractivity contribution in [2.45, 2.75) is 4.90 Å². The number of hydrogen-bond donors (Lipinski definition) is 1. The quantitative estimate of drug-likeness (QED) is 0.645. The van der Waals surface area contributed by atoms with Crippen LogP contribution in [0.5, 0.6) is 0 Å². The van der Waals surface area contributed by atoms with Gasteiger partial charge < -0.3 is 0 Å². The standard InChI is InChI=1S/C14H8ClNO2S/c15-10-6-3-7-11(19)12(10)16-13(17)8-4-1-2-5-9(8)14(16)18/h1-7,19H. The molecule has 0 radical (unpaired) electrons. The van der Waals surface area contributed by atoms with Crippen molar-refractivity contribution >= 4 is 41.7 Å². The highest BCUT2D eigenvalue weighted by Gasteiger charge is 2.37. The van der Waals surface area contributed by atoms with Gasteiger partial charge in [0.25, 0.3) is 11.8 Å². The van der Waals surface area contributed by atoms with E-state index in [4.69, 9.17) is 11.6 Å². The van der Waals surface area contributed by atoms with Crippen LogP contribution in [-0.2, 0) is 0 Å². The molecule has 3 nitrogen and oxygen atoms in total. The zero-order valence-electron chi connectivity index (χ0n) is 9.63. The van der Waals surface area contributed by atoms with Crippen LogP contribution in [0.25, 0.3) is 0 Å². The number of nitrogens with zero attached hydrogens (tertiary/aromatic N) is 1. The Kier molecular flexibility index (Phi) is 2.84. The second kappa shape index (κ2) is 4.40. The highest BCUT2D eigenvalue weighted by Crippen LogP contribution is 2.37. The summed E-state index contributed by atoms with van der Waals surface area (Å²) in [5, 5.41) is 0.321. The number of amides is 2. The lowest BCUT2D eigenvalue weighted by Gasteiger charge is -2.17. The van der Waals surface area contributed by atoms with Crippen LogP contribution in [0.1, 0.15) is 20.7 Å². The van der Waals surface area contributed by atoms with Gasteiger partial charge in [-0.3, -0.25) is 9.59 Å². The normalized spacial score (nSPS) is 13.9. The molecule has 1 heterocycles. The lowest BCUT2D eigenvalue weighted by atomic mass is 10.1. The Morgan fingerprint density at radius 1 is 0.895 bits per heavy atom. The fourth-order valence-electron chi connectivity index (χ4n) is 2.12. The molecule has 19 heavy (non-hydrogen) atoms. The number of carbonyl (C=O) groups excluding carboxylic acids is 2. The summed E-state index contributed by atoms with van der Waals surface area (Å²) >= 11 is 10.4. The van der Waals surface area contributed by atoms with Gasteiger partial charge in [0.05, 0.1) is 21.8 Å². The Hall–Kier alpha value is -1.78. The summed E-state index contributed by atoms with van der Waals surface area (Å²) in [6.45, 7) is 0. The van der Waals surface area contributed by atoms with Crippen molar-refractivity contribution < 1.29 is 9.59 Å². The summed E-state index contributed by atoms with van der Waals surface area (Å²) in [6, 6.07) is 11.7. The van der Waals surface area contributed by atoms with Gasteiger partial charge in [0.1, 0.15) is 0 Å². The molecule has 0 spiro atoms. The third-order valence-electron chi connectivity index (χ3n) is 2.98. The van der Waals surface area contributed by atoms with Crippen LogP contribution in [0.4, 0.5) is 5.69 Å². The zero-order valence-corrected chi connectivity index (χ0v) is 11.3. The summed E-state index contributed by atoms with van der Waals surface area (Å²) in [6.07, 6.45) is 0. The maximum absolute atomic E-state index is 12.3. The van der Waals surface area contributed by atoms with Crippen LogP contribution >= 0.6 is 24.2 Å². The average Bonchev–Trinajstić information content (AvgIpc) is 2.64. The minimum atomic E-state index is -0.371. The molecule has 1 aliphatic heterocycles. The number of anilines is 1. The first-order valence-electron chi connectivity index (χ1n) is 5.56. The van der Waals surface area contributed by atoms with Crippen molar-refractivity contribution in [2.24, 2.45) is 0 Å². The molecule has 0 saturated carbocycles. The third-order valence-corrected chi connectivity index (χ3v) is 3.65. The molecule has 3 rings (SSSR count). The summed E-state index contributed by atoms with van der Waals surface area (Å²) in [4.78, 5) is 26.2. The Bertz CT molecular complexity index is 659. The second-order valence-electron chi connectivity index (χ2n) is 4.10. The molecule has 2 amide bonds. The van der Waals surface area contributed by atoms with Gasteiger partial charge in [-0.05, 0) is 24.3 Å². The highest BCUT2D eigenvalue weighted by molar-refractivity contribution is 7.80. The number of halogens is 1. The van der Waals surface area contributed by atoms with Crippen molar-refractivity contribution in [3.8, 4) is 0 Å². The average molecular weight is 290 g/mol. The van der Waals surface area contributed by atoms with Crippen molar-refractivity contribution in [3.05, 3.63) is 58.6 Å². The first kappa shape index (κ1) is 12.3. The van der Waals surface area contributed by atoms with Crippen LogP contribution in [0.3, 0.4) is 0 Å². The van der Waals surface area contributed by atoms with E-state index in [9.17, 15) is 9.59 Å². The Morgan fingerprint density at radius 3 is 2.00 bits per heavy atom. The van der Waals surface area contributed by atoms with E-state index in [0.717, 1.165) is 4.90 Å². The molecular weight excluding hydrogens is 282 g/mol. The van der Waals surface area contributed by atoms with Gasteiger partial charge in [0, 0.05) is 4.90 Å². The Balaban J connectivity index is 2.20. The van der Waals surface area contributed by atoms with E-state index in [1.165, 1.54) is 0 Å². The number of imide groups is 1. The predicted octanol–water partition coefficient (Wildman–Crippen LogP) is 3.43. The predicted molar refractivity (Wildman–Crippen MR) is 76.3 cm³/mol. The Morgan fingerprint density at radius 2 is 1.47 bits per heavy atom. The zero-order chi connectivity index (χ0) is 13.6. The number of rotatable bonds is 1. The molecule has 1 aliphatic rings. The molecule has 0 unspecified atom stereocenters. The molecule has 2 aromatic carbocycles. The lowest BCUT2D eigenvalue weighted by Crippen LogP contribution is -2.30. The van der Waals surface area contributed by atoms with Gasteiger partial charge in [-0.15, -0.1) is 12.6 Å². The maximum atomic E-state index is 12.3. The summed E-state index contributed by atoms with van der Waals surface area (Å²) < 4.78 is 0. The molecular formula is C14H8ClNO2S. The second-order valence-corrected chi connectivity index (χ2v) is 4.99. The van der Waals surface area contributed by atoms with E-state index in [0.29, 0.717) is 26.7 Å². The first-order chi connectivity index (χ1) is 9.11. The number of para-hydroxylation sites is 1. The topological polar surface area (TPSA) is 37.4 Å². The van der Waals surface area contributed by atoms with Gasteiger partial charge in [0.2, 0.25) is 0 Å². The van der Waals surface area contributed by atoms with E-state index in [2.05, 4.69) is 12.6 Å². The number of thiol groups is 1. The number of hydrogen-bond acceptors (Lipinski definition) is 3. The molecule has 0 N–H and O–H groups in total. The SMILES string of the molecule is O=C1c2ccccc2C(=O)N1c1c(S)cccc1Cl. The van der Waals surface area contributed by atoms with Crippen molar-refractivity contribution in [1.82, 2.24) is 0 Å². The summed E-state index contributed by atoms with van der Waals surface area (Å²) in [5.74, 6) is -0.743. The minimum Gasteiger partial charge on any atom is -0.268 e. The lowest BCUT2D eigenvalue weighted by molar-refractivity contribution is 0.0925. The number of fused-ring (bicyclic) bond motifs is 1. The van der Waals surface area contributed by atoms with Crippen LogP contribution in [0, 0.1) is 0 Å². The molecule has 2 aromatic rings. The van der Waals surface area contributed by atoms with Crippen LogP contribution < -0.4 is 4.90 Å². The molecule has 0 aliphatic carbocycles. The number of carbonyl (C=O) groups is 2. The smallest absolute Gasteiger partial charge is 0.266 e. The maximum Gasteiger partial charge on any atom is 0.266 e. The molecule has 94 valence electrons. The fourth-order valence-corrected chi connectivity index (χ4v) is 2.75. The fraction of sp³-hybridized carbons (Fsp3) is 0. The van der Waals surface area contributed by atoms with E-state index in [-0.39, 0.29) is 11.8 Å². The van der Waals surface area contributed by atoms with Gasteiger partial charge in [-0.25, -0.2) is 4.90 Å². The molecule has 0 saturated heterocycles. The van der Waals surface area contributed by atoms with Crippen LogP contribution in [-0.4, -0.2) is 11.8 Å². The van der Waals surface area contributed by atoms with E-state index in [1.807, 2.05) is 0 Å². The molecule has 0 atom stereocenters. The van der Waals surface area contributed by atoms with E-state index < -0.39 is 0 Å². The van der Waals surface area contributed by atoms with E-state index >= 15 is 0 Å². The molecule has 0 aromatic heterocycles. The largest absolute Gasteiger partial charge is 0.268 e. The third kappa shape index (κ3) is 1.76. The van der Waals surface area contributed by atoms with Gasteiger partial charge in [-0.2, -0.15) is 0 Å². The van der Waals surface area contributed by atoms with Gasteiger partial charge >= 0.3 is 0 Å². The van der Waals surface area contributed by atoms with Gasteiger partial charge in [0.15, 0.2) is 0 Å². The van der Waals surface area contributed by atoms with Crippen LogP contribution in [0.2, 0.25) is 5.02 Å². The van der Waals surface area contributed by atoms with Crippen molar-refractivity contribution in [3.63, 3.8) is 0 Å². The van der Waals surface area contributed by atoms with Crippen molar-refractivity contribution in [1.29, 1.82) is 0 Å². The monoisotopic (exact) mass is 289 g/mol. The highest BCUT2D eigenvalue weighted by atomic mass is 35.5. The van der Waals surface area contributed by atoms with Gasteiger partial charge in [-0.1, -0.05) is 29.8 Å². The number of benzene rings is 2. The summed E-state index contributed by atoms with van der Waals surface area (Å²) in [5.41, 5.74) is 1.11. The minimum absolute atomic E-state index is 0.321. The van der Waals surface area contributed by atoms with Crippen molar-refractivity contribution in [2.75, 3.05) is 4.90 Å². The summed E-state index contributed by atoms with van der Waals surface area (Å²) in [7, 11) is 0. The van der Waals surface area contributed by atoms with Crippen LogP contribution in [0.15, 0.2) is 47.4 Å². The Labute approximate surface area is 120 Å². The molecule has 0 fully saturated rings.